The van der Waals surface area contributed by atoms with E-state index in [9.17, 15) is 4.79 Å². The summed E-state index contributed by atoms with van der Waals surface area (Å²) in [5.74, 6) is 0. The Morgan fingerprint density at radius 1 is 1.43 bits per heavy atom. The highest BCUT2D eigenvalue weighted by Crippen LogP contribution is 2.36. The molecular formula is C12H15NO. The van der Waals surface area contributed by atoms with Gasteiger partial charge in [-0.05, 0) is 35.6 Å². The highest BCUT2D eigenvalue weighted by atomic mass is 16.1. The van der Waals surface area contributed by atoms with Gasteiger partial charge in [0.1, 0.15) is 6.29 Å². The van der Waals surface area contributed by atoms with Crippen LogP contribution in [0.2, 0.25) is 0 Å². The third kappa shape index (κ3) is 1.41. The van der Waals surface area contributed by atoms with Gasteiger partial charge in [-0.15, -0.1) is 0 Å². The molecule has 0 saturated heterocycles. The lowest BCUT2D eigenvalue weighted by atomic mass is 9.78. The molecule has 2 heteroatoms. The summed E-state index contributed by atoms with van der Waals surface area (Å²) >= 11 is 0. The highest BCUT2D eigenvalue weighted by molar-refractivity contribution is 5.77. The standard InChI is InChI=1S/C12H15NO/c1-12(2)5-6-13-11-4-3-9(8-14)7-10(11)12/h3-4,7-8,13H,5-6H2,1-2H3. The SMILES string of the molecule is CC1(C)CCNc2ccc(C=O)cc21. The van der Waals surface area contributed by atoms with Gasteiger partial charge in [-0.1, -0.05) is 13.8 Å². The normalized spacial score (nSPS) is 18.1. The van der Waals surface area contributed by atoms with Crippen LogP contribution >= 0.6 is 0 Å². The van der Waals surface area contributed by atoms with Crippen LogP contribution in [0.1, 0.15) is 36.2 Å². The number of rotatable bonds is 1. The molecule has 1 N–H and O–H groups in total. The van der Waals surface area contributed by atoms with Gasteiger partial charge in [-0.2, -0.15) is 0 Å². The molecule has 2 rings (SSSR count). The molecule has 0 spiro atoms. The van der Waals surface area contributed by atoms with E-state index in [2.05, 4.69) is 19.2 Å². The molecule has 2 nitrogen and oxygen atoms in total. The molecule has 0 fully saturated rings. The van der Waals surface area contributed by atoms with E-state index in [1.807, 2.05) is 18.2 Å². The van der Waals surface area contributed by atoms with Crippen molar-refractivity contribution in [3.63, 3.8) is 0 Å². The lowest BCUT2D eigenvalue weighted by Crippen LogP contribution is -2.28. The van der Waals surface area contributed by atoms with Gasteiger partial charge in [0.15, 0.2) is 0 Å². The maximum absolute atomic E-state index is 10.7. The number of carbonyl (C=O) groups is 1. The molecule has 14 heavy (non-hydrogen) atoms. The topological polar surface area (TPSA) is 29.1 Å². The maximum Gasteiger partial charge on any atom is 0.150 e. The van der Waals surface area contributed by atoms with Gasteiger partial charge in [-0.25, -0.2) is 0 Å². The second-order valence-electron chi connectivity index (χ2n) is 4.48. The molecule has 0 amide bonds. The molecule has 1 aliphatic rings. The van der Waals surface area contributed by atoms with Gasteiger partial charge in [-0.3, -0.25) is 4.79 Å². The number of nitrogens with one attached hydrogen (secondary N) is 1. The summed E-state index contributed by atoms with van der Waals surface area (Å²) in [5.41, 5.74) is 3.38. The Balaban J connectivity index is 2.54. The number of hydrogen-bond donors (Lipinski definition) is 1. The van der Waals surface area contributed by atoms with E-state index in [0.29, 0.717) is 0 Å². The predicted molar refractivity (Wildman–Crippen MR) is 58.0 cm³/mol. The van der Waals surface area contributed by atoms with Gasteiger partial charge >= 0.3 is 0 Å². The number of aldehydes is 1. The zero-order valence-electron chi connectivity index (χ0n) is 8.63. The summed E-state index contributed by atoms with van der Waals surface area (Å²) in [7, 11) is 0. The van der Waals surface area contributed by atoms with E-state index < -0.39 is 0 Å². The molecule has 1 aromatic carbocycles. The fourth-order valence-corrected chi connectivity index (χ4v) is 1.99. The molecule has 0 aliphatic carbocycles. The van der Waals surface area contributed by atoms with Crippen molar-refractivity contribution in [2.75, 3.05) is 11.9 Å². The minimum Gasteiger partial charge on any atom is -0.385 e. The van der Waals surface area contributed by atoms with Crippen LogP contribution in [0.3, 0.4) is 0 Å². The van der Waals surface area contributed by atoms with Crippen LogP contribution in [0.15, 0.2) is 18.2 Å². The Morgan fingerprint density at radius 3 is 2.93 bits per heavy atom. The lowest BCUT2D eigenvalue weighted by molar-refractivity contribution is 0.112. The molecule has 0 radical (unpaired) electrons. The van der Waals surface area contributed by atoms with Crippen molar-refractivity contribution in [1.82, 2.24) is 0 Å². The first-order valence-corrected chi connectivity index (χ1v) is 4.97. The second-order valence-corrected chi connectivity index (χ2v) is 4.48. The number of hydrogen-bond acceptors (Lipinski definition) is 2. The Labute approximate surface area is 84.3 Å². The predicted octanol–water partition coefficient (Wildman–Crippen LogP) is 2.59. The summed E-state index contributed by atoms with van der Waals surface area (Å²) in [6, 6.07) is 5.86. The fraction of sp³-hybridized carbons (Fsp3) is 0.417. The zero-order chi connectivity index (χ0) is 10.2. The molecule has 1 aromatic rings. The number of benzene rings is 1. The number of carbonyl (C=O) groups excluding carboxylic acids is 1. The van der Waals surface area contributed by atoms with Gasteiger partial charge in [0.05, 0.1) is 0 Å². The van der Waals surface area contributed by atoms with Crippen LogP contribution in [-0.4, -0.2) is 12.8 Å². The monoisotopic (exact) mass is 189 g/mol. The zero-order valence-corrected chi connectivity index (χ0v) is 8.63. The minimum atomic E-state index is 0.180. The first-order chi connectivity index (χ1) is 6.63. The van der Waals surface area contributed by atoms with E-state index >= 15 is 0 Å². The first-order valence-electron chi connectivity index (χ1n) is 4.97. The quantitative estimate of drug-likeness (QED) is 0.688. The van der Waals surface area contributed by atoms with Crippen LogP contribution in [-0.2, 0) is 5.41 Å². The average Bonchev–Trinajstić information content (AvgIpc) is 2.17. The van der Waals surface area contributed by atoms with E-state index in [1.165, 1.54) is 11.3 Å². The average molecular weight is 189 g/mol. The highest BCUT2D eigenvalue weighted by Gasteiger charge is 2.27. The molecule has 0 bridgehead atoms. The third-order valence-electron chi connectivity index (χ3n) is 2.97. The Morgan fingerprint density at radius 2 is 2.21 bits per heavy atom. The van der Waals surface area contributed by atoms with Crippen LogP contribution < -0.4 is 5.32 Å². The minimum absolute atomic E-state index is 0.180. The largest absolute Gasteiger partial charge is 0.385 e. The van der Waals surface area contributed by atoms with Crippen molar-refractivity contribution < 1.29 is 4.79 Å². The number of anilines is 1. The molecule has 1 heterocycles. The summed E-state index contributed by atoms with van der Waals surface area (Å²) in [6.45, 7) is 5.46. The van der Waals surface area contributed by atoms with Gasteiger partial charge in [0, 0.05) is 17.8 Å². The van der Waals surface area contributed by atoms with Crippen molar-refractivity contribution in [2.24, 2.45) is 0 Å². The smallest absolute Gasteiger partial charge is 0.150 e. The van der Waals surface area contributed by atoms with Crippen LogP contribution in [0.25, 0.3) is 0 Å². The Bertz CT molecular complexity index is 369. The van der Waals surface area contributed by atoms with Crippen molar-refractivity contribution in [2.45, 2.75) is 25.7 Å². The van der Waals surface area contributed by atoms with Gasteiger partial charge in [0.25, 0.3) is 0 Å². The van der Waals surface area contributed by atoms with E-state index in [-0.39, 0.29) is 5.41 Å². The molecular weight excluding hydrogens is 174 g/mol. The molecule has 74 valence electrons. The summed E-state index contributed by atoms with van der Waals surface area (Å²) < 4.78 is 0. The van der Waals surface area contributed by atoms with E-state index in [1.54, 1.807) is 0 Å². The van der Waals surface area contributed by atoms with E-state index in [4.69, 9.17) is 0 Å². The summed E-state index contributed by atoms with van der Waals surface area (Å²) in [6.07, 6.45) is 2.02. The lowest BCUT2D eigenvalue weighted by Gasteiger charge is -2.33. The van der Waals surface area contributed by atoms with Crippen molar-refractivity contribution in [3.05, 3.63) is 29.3 Å². The third-order valence-corrected chi connectivity index (χ3v) is 2.97. The molecule has 1 aliphatic heterocycles. The number of fused-ring (bicyclic) bond motifs is 1. The van der Waals surface area contributed by atoms with Crippen LogP contribution in [0, 0.1) is 0 Å². The van der Waals surface area contributed by atoms with Gasteiger partial charge in [0.2, 0.25) is 0 Å². The molecule has 0 saturated carbocycles. The summed E-state index contributed by atoms with van der Waals surface area (Å²) in [5, 5.41) is 3.35. The van der Waals surface area contributed by atoms with E-state index in [0.717, 1.165) is 24.8 Å². The second kappa shape index (κ2) is 3.12. The molecule has 0 aromatic heterocycles. The van der Waals surface area contributed by atoms with Gasteiger partial charge < -0.3 is 5.32 Å². The summed E-state index contributed by atoms with van der Waals surface area (Å²) in [4.78, 5) is 10.7. The fourth-order valence-electron chi connectivity index (χ4n) is 1.99. The Kier molecular flexibility index (Phi) is 2.06. The van der Waals surface area contributed by atoms with Crippen molar-refractivity contribution in [3.8, 4) is 0 Å². The molecule has 0 unspecified atom stereocenters. The molecule has 0 atom stereocenters. The maximum atomic E-state index is 10.7. The first kappa shape index (κ1) is 9.25. The van der Waals surface area contributed by atoms with Crippen LogP contribution in [0.5, 0.6) is 0 Å². The Hall–Kier alpha value is -1.31. The van der Waals surface area contributed by atoms with Crippen molar-refractivity contribution >= 4 is 12.0 Å². The van der Waals surface area contributed by atoms with Crippen molar-refractivity contribution in [1.29, 1.82) is 0 Å². The van der Waals surface area contributed by atoms with Crippen LogP contribution in [0.4, 0.5) is 5.69 Å².